The summed E-state index contributed by atoms with van der Waals surface area (Å²) in [4.78, 5) is 10.8. The van der Waals surface area contributed by atoms with E-state index in [1.54, 1.807) is 12.1 Å². The number of carbonyl (C=O) groups excluding carboxylic acids is 1. The highest BCUT2D eigenvalue weighted by Crippen LogP contribution is 2.11. The molecule has 0 aliphatic rings. The highest BCUT2D eigenvalue weighted by atomic mass is 35.5. The predicted molar refractivity (Wildman–Crippen MR) is 53.7 cm³/mol. The minimum absolute atomic E-state index is 0.383. The van der Waals surface area contributed by atoms with Crippen molar-refractivity contribution in [1.82, 2.24) is 0 Å². The second-order valence-electron chi connectivity index (χ2n) is 2.55. The van der Waals surface area contributed by atoms with Gasteiger partial charge in [0, 0.05) is 5.69 Å². The normalized spacial score (nSPS) is 9.50. The molecule has 0 fully saturated rings. The topological polar surface area (TPSA) is 43.1 Å². The lowest BCUT2D eigenvalue weighted by atomic mass is 9.73. The molecule has 62 valence electrons. The molecule has 0 saturated carbocycles. The molecule has 12 heavy (non-hydrogen) atoms. The van der Waals surface area contributed by atoms with Crippen molar-refractivity contribution in [2.24, 2.45) is 0 Å². The number of benzene rings is 1. The summed E-state index contributed by atoms with van der Waals surface area (Å²) in [6.07, 6.45) is 0. The Labute approximate surface area is 77.0 Å². The molecular formula is C8H9BClNO. The van der Waals surface area contributed by atoms with Gasteiger partial charge in [-0.1, -0.05) is 18.4 Å². The Kier molecular flexibility index (Phi) is 2.76. The molecule has 2 N–H and O–H groups in total. The lowest BCUT2D eigenvalue weighted by Gasteiger charge is -2.01. The first kappa shape index (κ1) is 9.14. The third kappa shape index (κ3) is 1.80. The lowest BCUT2D eigenvalue weighted by molar-refractivity contribution is 0.108. The molecule has 0 unspecified atom stereocenters. The van der Waals surface area contributed by atoms with E-state index in [-0.39, 0.29) is 0 Å². The molecule has 4 heteroatoms. The van der Waals surface area contributed by atoms with Crippen molar-refractivity contribution in [1.29, 1.82) is 0 Å². The Morgan fingerprint density at radius 1 is 1.58 bits per heavy atom. The van der Waals surface area contributed by atoms with Crippen molar-refractivity contribution in [3.05, 3.63) is 23.8 Å². The van der Waals surface area contributed by atoms with Crippen molar-refractivity contribution in [2.75, 3.05) is 5.73 Å². The largest absolute Gasteiger partial charge is 0.398 e. The molecule has 1 aromatic carbocycles. The number of nitrogen functional groups attached to an aromatic ring is 1. The second-order valence-corrected chi connectivity index (χ2v) is 2.89. The average Bonchev–Trinajstić information content (AvgIpc) is 2.03. The smallest absolute Gasteiger partial charge is 0.254 e. The number of rotatable bonds is 2. The van der Waals surface area contributed by atoms with Gasteiger partial charge in [-0.05, 0) is 23.7 Å². The van der Waals surface area contributed by atoms with Gasteiger partial charge in [-0.25, -0.2) is 0 Å². The maximum absolute atomic E-state index is 10.8. The molecular weight excluding hydrogens is 172 g/mol. The van der Waals surface area contributed by atoms with Gasteiger partial charge >= 0.3 is 0 Å². The van der Waals surface area contributed by atoms with Gasteiger partial charge in [-0.15, -0.1) is 0 Å². The summed E-state index contributed by atoms with van der Waals surface area (Å²) in [5.74, 6) is 0. The van der Waals surface area contributed by atoms with E-state index in [0.717, 1.165) is 12.7 Å². The van der Waals surface area contributed by atoms with Crippen LogP contribution in [0.4, 0.5) is 5.69 Å². The van der Waals surface area contributed by atoms with Gasteiger partial charge in [0.1, 0.15) is 0 Å². The zero-order chi connectivity index (χ0) is 9.14. The number of halogens is 1. The third-order valence-corrected chi connectivity index (χ3v) is 1.94. The van der Waals surface area contributed by atoms with Gasteiger partial charge in [0.25, 0.3) is 5.24 Å². The van der Waals surface area contributed by atoms with Crippen LogP contribution in [0.15, 0.2) is 18.2 Å². The number of nitrogens with two attached hydrogens (primary N) is 1. The van der Waals surface area contributed by atoms with Crippen LogP contribution in [-0.2, 0) is 0 Å². The first-order valence-electron chi connectivity index (χ1n) is 3.73. The Morgan fingerprint density at radius 2 is 2.25 bits per heavy atom. The van der Waals surface area contributed by atoms with Crippen LogP contribution in [-0.4, -0.2) is 12.5 Å². The molecule has 0 heterocycles. The minimum atomic E-state index is -0.504. The Hall–Kier alpha value is -0.955. The number of carbonyl (C=O) groups is 1. The molecule has 0 aliphatic carbocycles. The summed E-state index contributed by atoms with van der Waals surface area (Å²) in [5.41, 5.74) is 7.53. The highest BCUT2D eigenvalue weighted by Gasteiger charge is 2.05. The average molecular weight is 181 g/mol. The van der Waals surface area contributed by atoms with Crippen LogP contribution in [0.25, 0.3) is 0 Å². The summed E-state index contributed by atoms with van der Waals surface area (Å²) < 4.78 is 0. The molecule has 2 nitrogen and oxygen atoms in total. The fourth-order valence-corrected chi connectivity index (χ4v) is 1.18. The van der Waals surface area contributed by atoms with Gasteiger partial charge < -0.3 is 5.73 Å². The Balaban J connectivity index is 3.12. The van der Waals surface area contributed by atoms with Crippen molar-refractivity contribution >= 4 is 35.3 Å². The highest BCUT2D eigenvalue weighted by molar-refractivity contribution is 6.68. The van der Waals surface area contributed by atoms with Crippen molar-refractivity contribution < 1.29 is 4.79 Å². The van der Waals surface area contributed by atoms with Crippen molar-refractivity contribution in [3.8, 4) is 0 Å². The van der Waals surface area contributed by atoms with E-state index in [9.17, 15) is 4.79 Å². The number of hydrogen-bond acceptors (Lipinski definition) is 2. The monoisotopic (exact) mass is 181 g/mol. The summed E-state index contributed by atoms with van der Waals surface area (Å²) in [6, 6.07) is 5.28. The van der Waals surface area contributed by atoms with Crippen LogP contribution in [0, 0.1) is 0 Å². The van der Waals surface area contributed by atoms with Gasteiger partial charge in [0.05, 0.1) is 5.56 Å². The first-order valence-corrected chi connectivity index (χ1v) is 4.11. The van der Waals surface area contributed by atoms with Crippen molar-refractivity contribution in [2.45, 2.75) is 6.82 Å². The van der Waals surface area contributed by atoms with Gasteiger partial charge in [-0.2, -0.15) is 0 Å². The van der Waals surface area contributed by atoms with Crippen LogP contribution >= 0.6 is 11.6 Å². The zero-order valence-corrected chi connectivity index (χ0v) is 7.56. The SMILES string of the molecule is CBc1ccc(C(=O)Cl)c(N)c1. The second kappa shape index (κ2) is 3.63. The summed E-state index contributed by atoms with van der Waals surface area (Å²) in [6.45, 7) is 2.02. The molecule has 0 atom stereocenters. The van der Waals surface area contributed by atoms with E-state index in [4.69, 9.17) is 17.3 Å². The molecule has 0 spiro atoms. The number of hydrogen-bond donors (Lipinski definition) is 1. The van der Waals surface area contributed by atoms with Crippen LogP contribution in [0.3, 0.4) is 0 Å². The fourth-order valence-electron chi connectivity index (χ4n) is 1.01. The molecule has 0 radical (unpaired) electrons. The van der Waals surface area contributed by atoms with Gasteiger partial charge in [0.15, 0.2) is 7.28 Å². The van der Waals surface area contributed by atoms with Gasteiger partial charge in [0.2, 0.25) is 0 Å². The van der Waals surface area contributed by atoms with Gasteiger partial charge in [-0.3, -0.25) is 4.79 Å². The van der Waals surface area contributed by atoms with Crippen LogP contribution in [0.2, 0.25) is 6.82 Å². The summed E-state index contributed by atoms with van der Waals surface area (Å²) in [5, 5.41) is -0.504. The fraction of sp³-hybridized carbons (Fsp3) is 0.125. The third-order valence-electron chi connectivity index (χ3n) is 1.74. The molecule has 0 saturated heterocycles. The summed E-state index contributed by atoms with van der Waals surface area (Å²) >= 11 is 5.29. The lowest BCUT2D eigenvalue weighted by Crippen LogP contribution is -2.12. The maximum atomic E-state index is 10.8. The van der Waals surface area contributed by atoms with E-state index in [2.05, 4.69) is 0 Å². The van der Waals surface area contributed by atoms with E-state index in [0.29, 0.717) is 11.3 Å². The zero-order valence-electron chi connectivity index (χ0n) is 6.80. The molecule has 0 aromatic heterocycles. The summed E-state index contributed by atoms with van der Waals surface area (Å²) in [7, 11) is 0.904. The van der Waals surface area contributed by atoms with Crippen LogP contribution < -0.4 is 11.2 Å². The molecule has 0 bridgehead atoms. The predicted octanol–water partition coefficient (Wildman–Crippen LogP) is 0.758. The number of anilines is 1. The molecule has 1 rings (SSSR count). The van der Waals surface area contributed by atoms with E-state index in [1.165, 1.54) is 0 Å². The quantitative estimate of drug-likeness (QED) is 0.416. The molecule has 0 aliphatic heterocycles. The maximum Gasteiger partial charge on any atom is 0.254 e. The van der Waals surface area contributed by atoms with Crippen molar-refractivity contribution in [3.63, 3.8) is 0 Å². The van der Waals surface area contributed by atoms with E-state index >= 15 is 0 Å². The van der Waals surface area contributed by atoms with E-state index < -0.39 is 5.24 Å². The minimum Gasteiger partial charge on any atom is -0.398 e. The Bertz CT molecular complexity index is 314. The molecule has 1 aromatic rings. The molecule has 0 amide bonds. The Morgan fingerprint density at radius 3 is 2.67 bits per heavy atom. The van der Waals surface area contributed by atoms with Crippen LogP contribution in [0.5, 0.6) is 0 Å². The van der Waals surface area contributed by atoms with Crippen LogP contribution in [0.1, 0.15) is 10.4 Å². The first-order chi connectivity index (χ1) is 5.65. The van der Waals surface area contributed by atoms with E-state index in [1.807, 2.05) is 12.9 Å². The standard InChI is InChI=1S/C8H9BClNO/c1-9-5-2-3-6(8(10)12)7(11)4-5/h2-4,9H,11H2,1H3.